The van der Waals surface area contributed by atoms with Crippen molar-refractivity contribution in [1.29, 1.82) is 0 Å². The Morgan fingerprint density at radius 2 is 2.00 bits per heavy atom. The predicted octanol–water partition coefficient (Wildman–Crippen LogP) is 3.97. The van der Waals surface area contributed by atoms with Crippen LogP contribution in [0.25, 0.3) is 5.69 Å². The lowest BCUT2D eigenvalue weighted by atomic mass is 10.1. The second-order valence-electron chi connectivity index (χ2n) is 6.93. The third-order valence-corrected chi connectivity index (χ3v) is 5.20. The molecular weight excluding hydrogens is 427 g/mol. The van der Waals surface area contributed by atoms with Gasteiger partial charge < -0.3 is 20.1 Å². The van der Waals surface area contributed by atoms with Gasteiger partial charge in [0.2, 0.25) is 0 Å². The maximum atomic E-state index is 13.1. The minimum atomic E-state index is -0.996. The lowest BCUT2D eigenvalue weighted by Crippen LogP contribution is -2.41. The van der Waals surface area contributed by atoms with Crippen molar-refractivity contribution < 1.29 is 23.8 Å². The van der Waals surface area contributed by atoms with Gasteiger partial charge in [-0.3, -0.25) is 4.79 Å². The van der Waals surface area contributed by atoms with E-state index in [9.17, 15) is 14.0 Å². The minimum Gasteiger partial charge on any atom is -0.465 e. The van der Waals surface area contributed by atoms with E-state index in [1.807, 2.05) is 0 Å². The maximum absolute atomic E-state index is 13.1. The molecule has 2 N–H and O–H groups in total. The molecule has 1 unspecified atom stereocenters. The molecule has 2 amide bonds. The third-order valence-electron chi connectivity index (χ3n) is 4.89. The number of anilines is 1. The average molecular weight is 445 g/mol. The van der Waals surface area contributed by atoms with Gasteiger partial charge in [0.05, 0.1) is 41.3 Å². The molecule has 1 atom stereocenters. The van der Waals surface area contributed by atoms with E-state index in [1.54, 1.807) is 30.3 Å². The SMILES string of the molecule is O=C(Nc1ccc(C2CN(C(=O)O)CCO2)cc1Cl)c1cnn(-c2ccc(F)cc2)c1. The second-order valence-corrected chi connectivity index (χ2v) is 7.34. The summed E-state index contributed by atoms with van der Waals surface area (Å²) < 4.78 is 20.2. The number of amides is 2. The Morgan fingerprint density at radius 3 is 2.71 bits per heavy atom. The first-order chi connectivity index (χ1) is 14.9. The van der Waals surface area contributed by atoms with E-state index in [0.717, 1.165) is 5.56 Å². The van der Waals surface area contributed by atoms with Gasteiger partial charge in [-0.1, -0.05) is 17.7 Å². The Kier molecular flexibility index (Phi) is 5.88. The molecule has 0 saturated carbocycles. The van der Waals surface area contributed by atoms with Crippen molar-refractivity contribution in [3.63, 3.8) is 0 Å². The summed E-state index contributed by atoms with van der Waals surface area (Å²) >= 11 is 6.34. The summed E-state index contributed by atoms with van der Waals surface area (Å²) in [5.74, 6) is -0.768. The topological polar surface area (TPSA) is 96.7 Å². The molecule has 0 spiro atoms. The van der Waals surface area contributed by atoms with Crippen LogP contribution in [0.15, 0.2) is 54.9 Å². The zero-order valence-corrected chi connectivity index (χ0v) is 16.9. The van der Waals surface area contributed by atoms with E-state index in [1.165, 1.54) is 34.1 Å². The Balaban J connectivity index is 1.45. The van der Waals surface area contributed by atoms with Crippen LogP contribution in [-0.2, 0) is 4.74 Å². The number of hydrogen-bond donors (Lipinski definition) is 2. The van der Waals surface area contributed by atoms with Crippen molar-refractivity contribution in [3.05, 3.63) is 76.8 Å². The first-order valence-corrected chi connectivity index (χ1v) is 9.79. The molecule has 1 fully saturated rings. The van der Waals surface area contributed by atoms with E-state index < -0.39 is 18.1 Å². The number of morpholine rings is 1. The average Bonchev–Trinajstić information content (AvgIpc) is 3.26. The molecule has 1 aliphatic heterocycles. The maximum Gasteiger partial charge on any atom is 0.407 e. The van der Waals surface area contributed by atoms with Gasteiger partial charge in [0.1, 0.15) is 11.9 Å². The monoisotopic (exact) mass is 444 g/mol. The number of ether oxygens (including phenoxy) is 1. The lowest BCUT2D eigenvalue weighted by Gasteiger charge is -2.31. The normalized spacial score (nSPS) is 16.2. The fraction of sp³-hybridized carbons (Fsp3) is 0.190. The van der Waals surface area contributed by atoms with Crippen LogP contribution in [-0.4, -0.2) is 51.5 Å². The summed E-state index contributed by atoms with van der Waals surface area (Å²) in [5, 5.41) is 16.3. The molecule has 160 valence electrons. The smallest absolute Gasteiger partial charge is 0.407 e. The number of carboxylic acid groups (broad SMARTS) is 1. The van der Waals surface area contributed by atoms with Gasteiger partial charge in [-0.25, -0.2) is 13.9 Å². The number of rotatable bonds is 4. The molecule has 1 aromatic heterocycles. The van der Waals surface area contributed by atoms with Crippen molar-refractivity contribution in [2.24, 2.45) is 0 Å². The Labute approximate surface area is 181 Å². The lowest BCUT2D eigenvalue weighted by molar-refractivity contribution is -0.0231. The summed E-state index contributed by atoms with van der Waals surface area (Å²) in [6.45, 7) is 0.824. The second kappa shape index (κ2) is 8.75. The molecule has 0 aliphatic carbocycles. The zero-order chi connectivity index (χ0) is 22.0. The van der Waals surface area contributed by atoms with Crippen LogP contribution >= 0.6 is 11.6 Å². The van der Waals surface area contributed by atoms with Crippen LogP contribution in [0, 0.1) is 5.82 Å². The van der Waals surface area contributed by atoms with Crippen molar-refractivity contribution in [3.8, 4) is 5.69 Å². The van der Waals surface area contributed by atoms with Gasteiger partial charge in [0.25, 0.3) is 5.91 Å². The van der Waals surface area contributed by atoms with Crippen molar-refractivity contribution in [2.75, 3.05) is 25.0 Å². The summed E-state index contributed by atoms with van der Waals surface area (Å²) in [4.78, 5) is 25.1. The number of carbonyl (C=O) groups is 2. The third kappa shape index (κ3) is 4.68. The van der Waals surface area contributed by atoms with E-state index in [-0.39, 0.29) is 12.4 Å². The van der Waals surface area contributed by atoms with Gasteiger partial charge in [0, 0.05) is 12.7 Å². The number of nitrogens with one attached hydrogen (secondary N) is 1. The van der Waals surface area contributed by atoms with Crippen molar-refractivity contribution >= 4 is 29.3 Å². The number of halogens is 2. The molecular formula is C21H18ClFN4O4. The molecule has 2 heterocycles. The zero-order valence-electron chi connectivity index (χ0n) is 16.2. The Morgan fingerprint density at radius 1 is 1.23 bits per heavy atom. The first kappa shape index (κ1) is 20.8. The molecule has 0 radical (unpaired) electrons. The van der Waals surface area contributed by atoms with E-state index >= 15 is 0 Å². The quantitative estimate of drug-likeness (QED) is 0.634. The molecule has 10 heteroatoms. The van der Waals surface area contributed by atoms with Gasteiger partial charge in [-0.05, 0) is 42.0 Å². The summed E-state index contributed by atoms with van der Waals surface area (Å²) in [7, 11) is 0. The van der Waals surface area contributed by atoms with Gasteiger partial charge in [-0.15, -0.1) is 0 Å². The van der Waals surface area contributed by atoms with Crippen LogP contribution in [0.5, 0.6) is 0 Å². The minimum absolute atomic E-state index is 0.208. The first-order valence-electron chi connectivity index (χ1n) is 9.41. The number of benzene rings is 2. The molecule has 3 aromatic rings. The van der Waals surface area contributed by atoms with Crippen LogP contribution in [0.4, 0.5) is 14.9 Å². The molecule has 1 saturated heterocycles. The number of hydrogen-bond acceptors (Lipinski definition) is 4. The van der Waals surface area contributed by atoms with Gasteiger partial charge in [0.15, 0.2) is 0 Å². The van der Waals surface area contributed by atoms with Crippen LogP contribution in [0.2, 0.25) is 5.02 Å². The molecule has 2 aromatic carbocycles. The highest BCUT2D eigenvalue weighted by molar-refractivity contribution is 6.34. The molecule has 31 heavy (non-hydrogen) atoms. The predicted molar refractivity (Wildman–Crippen MR) is 111 cm³/mol. The van der Waals surface area contributed by atoms with Gasteiger partial charge >= 0.3 is 6.09 Å². The highest BCUT2D eigenvalue weighted by Gasteiger charge is 2.25. The fourth-order valence-electron chi connectivity index (χ4n) is 3.23. The van der Waals surface area contributed by atoms with Crippen molar-refractivity contribution in [2.45, 2.75) is 6.10 Å². The summed E-state index contributed by atoms with van der Waals surface area (Å²) in [6, 6.07) is 10.8. The van der Waals surface area contributed by atoms with E-state index in [0.29, 0.717) is 35.1 Å². The summed E-state index contributed by atoms with van der Waals surface area (Å²) in [6.07, 6.45) is 1.50. The fourth-order valence-corrected chi connectivity index (χ4v) is 3.46. The molecule has 4 rings (SSSR count). The number of aromatic nitrogens is 2. The Hall–Kier alpha value is -3.43. The van der Waals surface area contributed by atoms with Crippen LogP contribution in [0.1, 0.15) is 22.0 Å². The van der Waals surface area contributed by atoms with E-state index in [2.05, 4.69) is 10.4 Å². The molecule has 1 aliphatic rings. The molecule has 0 bridgehead atoms. The highest BCUT2D eigenvalue weighted by Crippen LogP contribution is 2.29. The van der Waals surface area contributed by atoms with E-state index in [4.69, 9.17) is 21.4 Å². The van der Waals surface area contributed by atoms with Crippen LogP contribution in [0.3, 0.4) is 0 Å². The Bertz CT molecular complexity index is 1120. The van der Waals surface area contributed by atoms with Gasteiger partial charge in [-0.2, -0.15) is 5.10 Å². The van der Waals surface area contributed by atoms with Crippen LogP contribution < -0.4 is 5.32 Å². The largest absolute Gasteiger partial charge is 0.465 e. The molecule has 8 nitrogen and oxygen atoms in total. The standard InChI is InChI=1S/C21H18ClFN4O4/c22-17-9-13(19-12-26(21(29)30)7-8-31-19)1-6-18(17)25-20(28)14-10-24-27(11-14)16-4-2-15(23)3-5-16/h1-6,9-11,19H,7-8,12H2,(H,25,28)(H,29,30). The number of nitrogens with zero attached hydrogens (tertiary/aromatic N) is 3. The summed E-state index contributed by atoms with van der Waals surface area (Å²) in [5.41, 5.74) is 2.04. The highest BCUT2D eigenvalue weighted by atomic mass is 35.5. The van der Waals surface area contributed by atoms with Crippen molar-refractivity contribution in [1.82, 2.24) is 14.7 Å². The number of carbonyl (C=O) groups excluding carboxylic acids is 1.